The molecule has 1 aliphatic rings. The fourth-order valence-electron chi connectivity index (χ4n) is 5.36. The number of hydrogen-bond donors (Lipinski definition) is 1. The molecule has 4 rings (SSSR count). The molecule has 7 nitrogen and oxygen atoms in total. The molecule has 1 aliphatic heterocycles. The summed E-state index contributed by atoms with van der Waals surface area (Å²) in [6, 6.07) is 9.19. The molecular formula is C28H35FN4O3. The van der Waals surface area contributed by atoms with E-state index in [0.717, 1.165) is 61.9 Å². The van der Waals surface area contributed by atoms with Crippen LogP contribution in [0, 0.1) is 11.8 Å². The smallest absolute Gasteiger partial charge is 0.303 e. The van der Waals surface area contributed by atoms with Crippen molar-refractivity contribution in [3.8, 4) is 5.75 Å². The second kappa shape index (κ2) is 12.7. The number of halogens is 1. The van der Waals surface area contributed by atoms with Gasteiger partial charge in [-0.05, 0) is 99.3 Å². The van der Waals surface area contributed by atoms with Crippen LogP contribution in [0.3, 0.4) is 0 Å². The van der Waals surface area contributed by atoms with E-state index in [0.29, 0.717) is 24.2 Å². The summed E-state index contributed by atoms with van der Waals surface area (Å²) in [4.78, 5) is 26.5. The van der Waals surface area contributed by atoms with E-state index in [-0.39, 0.29) is 18.3 Å². The van der Waals surface area contributed by atoms with Crippen molar-refractivity contribution in [2.45, 2.75) is 51.1 Å². The number of ether oxygens (including phenoxy) is 1. The number of likely N-dealkylation sites (tertiary alicyclic amines) is 1. The van der Waals surface area contributed by atoms with Crippen molar-refractivity contribution in [1.82, 2.24) is 19.9 Å². The van der Waals surface area contributed by atoms with Crippen LogP contribution >= 0.6 is 0 Å². The zero-order chi connectivity index (χ0) is 25.3. The molecule has 1 fully saturated rings. The highest BCUT2D eigenvalue weighted by Crippen LogP contribution is 2.36. The fraction of sp³-hybridized carbons (Fsp3) is 0.500. The summed E-state index contributed by atoms with van der Waals surface area (Å²) < 4.78 is 20.8. The van der Waals surface area contributed by atoms with Crippen molar-refractivity contribution in [2.24, 2.45) is 11.8 Å². The van der Waals surface area contributed by atoms with E-state index in [1.165, 1.54) is 0 Å². The van der Waals surface area contributed by atoms with Gasteiger partial charge < -0.3 is 14.7 Å². The fourth-order valence-corrected chi connectivity index (χ4v) is 5.36. The number of unbranched alkanes of at least 4 members (excludes halogenated alkanes) is 1. The van der Waals surface area contributed by atoms with Gasteiger partial charge in [0.05, 0.1) is 12.6 Å². The first kappa shape index (κ1) is 25.9. The van der Waals surface area contributed by atoms with Crippen LogP contribution in [0.5, 0.6) is 5.75 Å². The van der Waals surface area contributed by atoms with Crippen molar-refractivity contribution in [1.29, 1.82) is 0 Å². The van der Waals surface area contributed by atoms with E-state index >= 15 is 4.39 Å². The van der Waals surface area contributed by atoms with Crippen molar-refractivity contribution in [2.75, 3.05) is 26.7 Å². The van der Waals surface area contributed by atoms with E-state index < -0.39 is 12.1 Å². The minimum Gasteiger partial charge on any atom is -0.497 e. The van der Waals surface area contributed by atoms with Crippen LogP contribution in [-0.4, -0.2) is 57.7 Å². The summed E-state index contributed by atoms with van der Waals surface area (Å²) in [5.74, 6) is 0.147. The number of alkyl halides is 1. The molecular weight excluding hydrogens is 459 g/mol. The highest BCUT2D eigenvalue weighted by atomic mass is 19.1. The zero-order valence-electron chi connectivity index (χ0n) is 20.9. The highest BCUT2D eigenvalue weighted by Gasteiger charge is 2.31. The molecule has 192 valence electrons. The number of aliphatic carboxylic acids is 1. The normalized spacial score (nSPS) is 19.3. The van der Waals surface area contributed by atoms with Crippen LogP contribution in [-0.2, 0) is 11.2 Å². The van der Waals surface area contributed by atoms with E-state index in [1.54, 1.807) is 31.9 Å². The summed E-state index contributed by atoms with van der Waals surface area (Å²) in [6.45, 7) is 2.64. The van der Waals surface area contributed by atoms with Gasteiger partial charge in [-0.2, -0.15) is 0 Å². The first-order chi connectivity index (χ1) is 17.5. The van der Waals surface area contributed by atoms with E-state index in [4.69, 9.17) is 4.74 Å². The van der Waals surface area contributed by atoms with Crippen LogP contribution in [0.25, 0.3) is 10.9 Å². The van der Waals surface area contributed by atoms with Gasteiger partial charge in [0.15, 0.2) is 0 Å². The minimum atomic E-state index is -1.13. The van der Waals surface area contributed by atoms with Crippen LogP contribution < -0.4 is 4.74 Å². The van der Waals surface area contributed by atoms with Gasteiger partial charge in [-0.15, -0.1) is 0 Å². The molecule has 1 unspecified atom stereocenters. The highest BCUT2D eigenvalue weighted by molar-refractivity contribution is 5.83. The lowest BCUT2D eigenvalue weighted by Gasteiger charge is -2.38. The zero-order valence-corrected chi connectivity index (χ0v) is 20.9. The topological polar surface area (TPSA) is 88.4 Å². The maximum absolute atomic E-state index is 15.5. The van der Waals surface area contributed by atoms with Gasteiger partial charge in [-0.3, -0.25) is 9.78 Å². The Morgan fingerprint density at radius 1 is 1.19 bits per heavy atom. The van der Waals surface area contributed by atoms with Crippen molar-refractivity contribution in [3.63, 3.8) is 0 Å². The minimum absolute atomic E-state index is 0.0413. The maximum atomic E-state index is 15.5. The lowest BCUT2D eigenvalue weighted by molar-refractivity contribution is -0.139. The molecule has 3 heterocycles. The molecule has 0 aliphatic carbocycles. The summed E-state index contributed by atoms with van der Waals surface area (Å²) in [7, 11) is 1.59. The second-order valence-electron chi connectivity index (χ2n) is 9.69. The van der Waals surface area contributed by atoms with Crippen LogP contribution in [0.15, 0.2) is 49.1 Å². The standard InChI is InChI=1S/C28H35FN4O3/c1-36-23-6-8-27-25(17-23)24(10-13-31-27)26(29)7-5-20-11-15-33(18-21(20)16-28(34)35)14-3-2-4-22-9-12-30-19-32-22/h6,8-10,12-13,17,19-21,26H,2-5,7,11,14-16,18H2,1H3,(H,34,35)/t20-,21+,26?/m1/s1. The number of methoxy groups -OCH3 is 1. The molecule has 3 atom stereocenters. The lowest BCUT2D eigenvalue weighted by atomic mass is 9.79. The van der Waals surface area contributed by atoms with Crippen molar-refractivity contribution < 1.29 is 19.0 Å². The molecule has 36 heavy (non-hydrogen) atoms. The average molecular weight is 495 g/mol. The molecule has 8 heteroatoms. The number of benzene rings is 1. The maximum Gasteiger partial charge on any atom is 0.303 e. The van der Waals surface area contributed by atoms with Gasteiger partial charge in [0.1, 0.15) is 18.2 Å². The van der Waals surface area contributed by atoms with Gasteiger partial charge >= 0.3 is 5.97 Å². The van der Waals surface area contributed by atoms with E-state index in [1.807, 2.05) is 24.3 Å². The molecule has 0 spiro atoms. The van der Waals surface area contributed by atoms with E-state index in [9.17, 15) is 9.90 Å². The Hall–Kier alpha value is -3.13. The number of carboxylic acid groups (broad SMARTS) is 1. The molecule has 0 radical (unpaired) electrons. The first-order valence-corrected chi connectivity index (χ1v) is 12.8. The quantitative estimate of drug-likeness (QED) is 0.344. The van der Waals surface area contributed by atoms with Crippen LogP contribution in [0.4, 0.5) is 4.39 Å². The van der Waals surface area contributed by atoms with Gasteiger partial charge in [0.2, 0.25) is 0 Å². The molecule has 0 bridgehead atoms. The molecule has 1 aromatic carbocycles. The Morgan fingerprint density at radius 3 is 2.86 bits per heavy atom. The summed E-state index contributed by atoms with van der Waals surface area (Å²) in [5.41, 5.74) is 2.41. The number of carbonyl (C=O) groups is 1. The van der Waals surface area contributed by atoms with Crippen molar-refractivity contribution in [3.05, 3.63) is 60.3 Å². The predicted octanol–water partition coefficient (Wildman–Crippen LogP) is 5.26. The van der Waals surface area contributed by atoms with Gasteiger partial charge in [-0.25, -0.2) is 14.4 Å². The van der Waals surface area contributed by atoms with Gasteiger partial charge in [-0.1, -0.05) is 0 Å². The van der Waals surface area contributed by atoms with E-state index in [2.05, 4.69) is 19.9 Å². The summed E-state index contributed by atoms with van der Waals surface area (Å²) in [5, 5.41) is 10.3. The lowest BCUT2D eigenvalue weighted by Crippen LogP contribution is -2.41. The number of aryl methyl sites for hydroxylation is 1. The molecule has 0 amide bonds. The molecule has 2 aromatic heterocycles. The van der Waals surface area contributed by atoms with Crippen LogP contribution in [0.1, 0.15) is 56.0 Å². The Kier molecular flexibility index (Phi) is 9.17. The number of piperidine rings is 1. The molecule has 0 saturated carbocycles. The summed E-state index contributed by atoms with van der Waals surface area (Å²) >= 11 is 0. The van der Waals surface area contributed by atoms with Gasteiger partial charge in [0.25, 0.3) is 0 Å². The number of fused-ring (bicyclic) bond motifs is 1. The number of pyridine rings is 1. The number of nitrogens with zero attached hydrogens (tertiary/aromatic N) is 4. The molecule has 1 saturated heterocycles. The SMILES string of the molecule is COc1ccc2nccc(C(F)CC[C@@H]3CCN(CCCCc4ccncn4)C[C@@H]3CC(=O)O)c2c1. The third kappa shape index (κ3) is 6.97. The second-order valence-corrected chi connectivity index (χ2v) is 9.69. The van der Waals surface area contributed by atoms with Crippen molar-refractivity contribution >= 4 is 16.9 Å². The third-order valence-electron chi connectivity index (χ3n) is 7.32. The third-order valence-corrected chi connectivity index (χ3v) is 7.32. The monoisotopic (exact) mass is 494 g/mol. The number of rotatable bonds is 12. The predicted molar refractivity (Wildman–Crippen MR) is 137 cm³/mol. The molecule has 1 N–H and O–H groups in total. The number of aromatic nitrogens is 3. The first-order valence-electron chi connectivity index (χ1n) is 12.8. The summed E-state index contributed by atoms with van der Waals surface area (Å²) in [6.07, 6.45) is 8.94. The molecule has 3 aromatic rings. The Bertz CT molecular complexity index is 1130. The number of hydrogen-bond acceptors (Lipinski definition) is 6. The average Bonchev–Trinajstić information content (AvgIpc) is 2.90. The Balaban J connectivity index is 1.31. The van der Waals surface area contributed by atoms with Crippen LogP contribution in [0.2, 0.25) is 0 Å². The Morgan fingerprint density at radius 2 is 2.08 bits per heavy atom. The Labute approximate surface area is 211 Å². The van der Waals surface area contributed by atoms with Gasteiger partial charge in [0, 0.05) is 36.4 Å². The largest absolute Gasteiger partial charge is 0.497 e. The number of carboxylic acids is 1.